The minimum absolute atomic E-state index is 0.0598. The van der Waals surface area contributed by atoms with Gasteiger partial charge in [-0.2, -0.15) is 0 Å². The SMILES string of the molecule is CC(C)(C)OC(=O)CCCCCCN1C(=O)CCN1C(=O)OCc1ccccc1. The molecule has 29 heavy (non-hydrogen) atoms. The lowest BCUT2D eigenvalue weighted by atomic mass is 10.1. The van der Waals surface area contributed by atoms with Crippen LogP contribution in [0.2, 0.25) is 0 Å². The number of hydrogen-bond acceptors (Lipinski definition) is 5. The standard InChI is InChI=1S/C22H32N2O5/c1-22(2,3)29-20(26)13-9-4-5-10-15-23-19(25)14-16-24(23)21(27)28-17-18-11-7-6-8-12-18/h6-8,11-12H,4-5,9-10,13-17H2,1-3H3. The normalized spacial score (nSPS) is 14.2. The molecule has 7 heteroatoms. The molecule has 1 heterocycles. The highest BCUT2D eigenvalue weighted by molar-refractivity contribution is 5.82. The average molecular weight is 405 g/mol. The summed E-state index contributed by atoms with van der Waals surface area (Å²) in [6, 6.07) is 9.45. The van der Waals surface area contributed by atoms with Gasteiger partial charge >= 0.3 is 12.1 Å². The van der Waals surface area contributed by atoms with Crippen molar-refractivity contribution in [1.29, 1.82) is 0 Å². The van der Waals surface area contributed by atoms with E-state index in [0.717, 1.165) is 31.2 Å². The maximum Gasteiger partial charge on any atom is 0.429 e. The first-order valence-corrected chi connectivity index (χ1v) is 10.3. The van der Waals surface area contributed by atoms with Crippen LogP contribution < -0.4 is 0 Å². The third kappa shape index (κ3) is 8.13. The summed E-state index contributed by atoms with van der Waals surface area (Å²) in [5, 5.41) is 2.88. The van der Waals surface area contributed by atoms with Crippen LogP contribution in [0.5, 0.6) is 0 Å². The molecule has 0 aromatic heterocycles. The van der Waals surface area contributed by atoms with Crippen LogP contribution in [0.3, 0.4) is 0 Å². The molecule has 0 spiro atoms. The van der Waals surface area contributed by atoms with Gasteiger partial charge in [0.2, 0.25) is 5.91 Å². The smallest absolute Gasteiger partial charge is 0.429 e. The van der Waals surface area contributed by atoms with Crippen LogP contribution in [-0.2, 0) is 25.7 Å². The summed E-state index contributed by atoms with van der Waals surface area (Å²) in [6.07, 6.45) is 3.49. The molecule has 1 aromatic rings. The van der Waals surface area contributed by atoms with E-state index in [1.165, 1.54) is 10.0 Å². The van der Waals surface area contributed by atoms with Crippen LogP contribution in [-0.4, -0.2) is 46.7 Å². The van der Waals surface area contributed by atoms with Gasteiger partial charge in [-0.25, -0.2) is 14.8 Å². The molecule has 160 valence electrons. The Morgan fingerprint density at radius 2 is 1.72 bits per heavy atom. The molecule has 1 aliphatic rings. The second kappa shape index (κ2) is 10.8. The van der Waals surface area contributed by atoms with Gasteiger partial charge in [-0.15, -0.1) is 0 Å². The fourth-order valence-electron chi connectivity index (χ4n) is 3.09. The van der Waals surface area contributed by atoms with Crippen molar-refractivity contribution in [2.24, 2.45) is 0 Å². The minimum Gasteiger partial charge on any atom is -0.460 e. The molecule has 7 nitrogen and oxygen atoms in total. The molecule has 0 atom stereocenters. The van der Waals surface area contributed by atoms with Crippen LogP contribution in [0.15, 0.2) is 30.3 Å². The van der Waals surface area contributed by atoms with E-state index in [0.29, 0.717) is 25.9 Å². The summed E-state index contributed by atoms with van der Waals surface area (Å²) in [7, 11) is 0. The molecule has 1 aromatic carbocycles. The number of esters is 1. The highest BCUT2D eigenvalue weighted by Crippen LogP contribution is 2.17. The van der Waals surface area contributed by atoms with E-state index >= 15 is 0 Å². The Morgan fingerprint density at radius 1 is 1.03 bits per heavy atom. The zero-order valence-electron chi connectivity index (χ0n) is 17.7. The van der Waals surface area contributed by atoms with Gasteiger partial charge in [-0.3, -0.25) is 9.59 Å². The number of rotatable bonds is 9. The molecule has 1 aliphatic heterocycles. The van der Waals surface area contributed by atoms with Gasteiger partial charge in [-0.1, -0.05) is 43.2 Å². The van der Waals surface area contributed by atoms with Gasteiger partial charge in [0.05, 0.1) is 6.54 Å². The van der Waals surface area contributed by atoms with E-state index in [1.54, 1.807) is 0 Å². The highest BCUT2D eigenvalue weighted by Gasteiger charge is 2.33. The number of carbonyl (C=O) groups excluding carboxylic acids is 3. The van der Waals surface area contributed by atoms with Crippen molar-refractivity contribution in [2.75, 3.05) is 13.1 Å². The number of hydrazine groups is 1. The second-order valence-corrected chi connectivity index (χ2v) is 8.18. The second-order valence-electron chi connectivity index (χ2n) is 8.18. The molecule has 0 radical (unpaired) electrons. The Labute approximate surface area is 172 Å². The number of ether oxygens (including phenoxy) is 2. The molecule has 0 N–H and O–H groups in total. The Kier molecular flexibility index (Phi) is 8.49. The van der Waals surface area contributed by atoms with Crippen LogP contribution in [0.1, 0.15) is 64.9 Å². The molecule has 0 saturated carbocycles. The quantitative estimate of drug-likeness (QED) is 0.458. The van der Waals surface area contributed by atoms with Gasteiger partial charge in [0, 0.05) is 19.4 Å². The maximum atomic E-state index is 12.4. The van der Waals surface area contributed by atoms with Crippen molar-refractivity contribution in [3.63, 3.8) is 0 Å². The molecular formula is C22H32N2O5. The number of nitrogens with zero attached hydrogens (tertiary/aromatic N) is 2. The molecule has 2 rings (SSSR count). The monoisotopic (exact) mass is 404 g/mol. The van der Waals surface area contributed by atoms with Crippen LogP contribution in [0.25, 0.3) is 0 Å². The molecule has 1 saturated heterocycles. The molecule has 0 bridgehead atoms. The number of amides is 2. The first kappa shape index (κ1) is 22.7. The Hall–Kier alpha value is -2.57. The zero-order valence-corrected chi connectivity index (χ0v) is 17.7. The lowest BCUT2D eigenvalue weighted by molar-refractivity contribution is -0.154. The van der Waals surface area contributed by atoms with E-state index < -0.39 is 11.7 Å². The first-order valence-electron chi connectivity index (χ1n) is 10.3. The van der Waals surface area contributed by atoms with Crippen LogP contribution in [0, 0.1) is 0 Å². The van der Waals surface area contributed by atoms with E-state index in [1.807, 2.05) is 51.1 Å². The number of hydrogen-bond donors (Lipinski definition) is 0. The third-order valence-corrected chi connectivity index (χ3v) is 4.45. The third-order valence-electron chi connectivity index (χ3n) is 4.45. The maximum absolute atomic E-state index is 12.4. The summed E-state index contributed by atoms with van der Waals surface area (Å²) < 4.78 is 10.6. The zero-order chi connectivity index (χ0) is 21.3. The van der Waals surface area contributed by atoms with Gasteiger partial charge < -0.3 is 9.47 Å². The number of benzene rings is 1. The largest absolute Gasteiger partial charge is 0.460 e. The van der Waals surface area contributed by atoms with E-state index in [-0.39, 0.29) is 18.5 Å². The summed E-state index contributed by atoms with van der Waals surface area (Å²) in [4.78, 5) is 36.2. The fourth-order valence-corrected chi connectivity index (χ4v) is 3.09. The van der Waals surface area contributed by atoms with Gasteiger partial charge in [-0.05, 0) is 39.2 Å². The lowest BCUT2D eigenvalue weighted by Gasteiger charge is -2.27. The van der Waals surface area contributed by atoms with E-state index in [9.17, 15) is 14.4 Å². The van der Waals surface area contributed by atoms with Crippen molar-refractivity contribution in [3.05, 3.63) is 35.9 Å². The Bertz CT molecular complexity index is 684. The summed E-state index contributed by atoms with van der Waals surface area (Å²) >= 11 is 0. The van der Waals surface area contributed by atoms with Crippen molar-refractivity contribution in [1.82, 2.24) is 10.0 Å². The summed E-state index contributed by atoms with van der Waals surface area (Å²) in [6.45, 7) is 6.58. The minimum atomic E-state index is -0.496. The molecule has 0 aliphatic carbocycles. The van der Waals surface area contributed by atoms with Crippen molar-refractivity contribution in [2.45, 2.75) is 71.5 Å². The molecule has 2 amide bonds. The highest BCUT2D eigenvalue weighted by atomic mass is 16.6. The predicted molar refractivity (Wildman–Crippen MR) is 109 cm³/mol. The predicted octanol–water partition coefficient (Wildman–Crippen LogP) is 4.06. The van der Waals surface area contributed by atoms with Gasteiger partial charge in [0.1, 0.15) is 12.2 Å². The van der Waals surface area contributed by atoms with Crippen LogP contribution >= 0.6 is 0 Å². The Morgan fingerprint density at radius 3 is 2.41 bits per heavy atom. The first-order chi connectivity index (χ1) is 13.8. The summed E-state index contributed by atoms with van der Waals surface area (Å²) in [5.41, 5.74) is 0.453. The van der Waals surface area contributed by atoms with Crippen molar-refractivity contribution >= 4 is 18.0 Å². The summed E-state index contributed by atoms with van der Waals surface area (Å²) in [5.74, 6) is -0.241. The van der Waals surface area contributed by atoms with Crippen LogP contribution in [0.4, 0.5) is 4.79 Å². The molecular weight excluding hydrogens is 372 g/mol. The number of carbonyl (C=O) groups is 3. The van der Waals surface area contributed by atoms with Crippen molar-refractivity contribution in [3.8, 4) is 0 Å². The topological polar surface area (TPSA) is 76.2 Å². The van der Waals surface area contributed by atoms with E-state index in [4.69, 9.17) is 9.47 Å². The van der Waals surface area contributed by atoms with Gasteiger partial charge in [0.25, 0.3) is 0 Å². The molecule has 1 fully saturated rings. The average Bonchev–Trinajstić information content (AvgIpc) is 3.02. The Balaban J connectivity index is 1.67. The van der Waals surface area contributed by atoms with Gasteiger partial charge in [0.15, 0.2) is 0 Å². The lowest BCUT2D eigenvalue weighted by Crippen LogP contribution is -2.43. The van der Waals surface area contributed by atoms with E-state index in [2.05, 4.69) is 0 Å². The fraction of sp³-hybridized carbons (Fsp3) is 0.591. The molecule has 0 unspecified atom stereocenters. The van der Waals surface area contributed by atoms with Crippen molar-refractivity contribution < 1.29 is 23.9 Å². The number of unbranched alkanes of at least 4 members (excludes halogenated alkanes) is 3.